The van der Waals surface area contributed by atoms with Crippen LogP contribution in [0.4, 0.5) is 6.01 Å². The van der Waals surface area contributed by atoms with Crippen LogP contribution in [0.5, 0.6) is 0 Å². The fraction of sp³-hybridized carbons (Fsp3) is 0.652. The van der Waals surface area contributed by atoms with E-state index in [4.69, 9.17) is 9.40 Å². The molecule has 1 aromatic carbocycles. The molecular formula is C23H34ClN5O2. The molecule has 170 valence electrons. The number of piperazine rings is 1. The van der Waals surface area contributed by atoms with Crippen LogP contribution < -0.4 is 15.5 Å². The number of fused-ring (bicyclic) bond motifs is 3. The van der Waals surface area contributed by atoms with Gasteiger partial charge in [-0.15, -0.1) is 12.4 Å². The van der Waals surface area contributed by atoms with E-state index in [2.05, 4.69) is 41.3 Å². The third-order valence-corrected chi connectivity index (χ3v) is 7.34. The van der Waals surface area contributed by atoms with E-state index >= 15 is 0 Å². The van der Waals surface area contributed by atoms with Crippen LogP contribution in [0.25, 0.3) is 11.1 Å². The van der Waals surface area contributed by atoms with Crippen molar-refractivity contribution in [1.82, 2.24) is 20.5 Å². The number of anilines is 1. The van der Waals surface area contributed by atoms with Crippen molar-refractivity contribution in [3.63, 3.8) is 0 Å². The van der Waals surface area contributed by atoms with Crippen LogP contribution in [0.15, 0.2) is 22.6 Å². The molecular weight excluding hydrogens is 414 g/mol. The molecule has 8 heteroatoms. The first-order valence-corrected chi connectivity index (χ1v) is 11.4. The number of halogens is 1. The fourth-order valence-electron chi connectivity index (χ4n) is 5.53. The zero-order valence-electron chi connectivity index (χ0n) is 18.6. The van der Waals surface area contributed by atoms with E-state index in [0.717, 1.165) is 25.9 Å². The number of oxazole rings is 1. The number of carbonyl (C=O) groups excluding carboxylic acids is 1. The molecule has 1 aromatic heterocycles. The molecule has 4 heterocycles. The maximum Gasteiger partial charge on any atom is 0.298 e. The number of nitrogens with zero attached hydrogens (tertiary/aromatic N) is 3. The van der Waals surface area contributed by atoms with Crippen LogP contribution >= 0.6 is 12.4 Å². The van der Waals surface area contributed by atoms with Crippen LogP contribution in [-0.2, 0) is 0 Å². The fourth-order valence-corrected chi connectivity index (χ4v) is 5.53. The minimum atomic E-state index is -0.0326. The second-order valence-electron chi connectivity index (χ2n) is 9.51. The Morgan fingerprint density at radius 3 is 2.71 bits per heavy atom. The third kappa shape index (κ3) is 4.28. The monoisotopic (exact) mass is 447 g/mol. The Bertz CT molecular complexity index is 920. The molecule has 2 unspecified atom stereocenters. The number of rotatable bonds is 3. The Balaban J connectivity index is 0.00000231. The first-order chi connectivity index (χ1) is 14.5. The lowest BCUT2D eigenvalue weighted by Crippen LogP contribution is -2.55. The first-order valence-electron chi connectivity index (χ1n) is 11.4. The zero-order chi connectivity index (χ0) is 20.8. The molecule has 5 rings (SSSR count). The quantitative estimate of drug-likeness (QED) is 0.752. The Kier molecular flexibility index (Phi) is 6.47. The Morgan fingerprint density at radius 2 is 1.97 bits per heavy atom. The van der Waals surface area contributed by atoms with Crippen molar-refractivity contribution in [2.24, 2.45) is 0 Å². The summed E-state index contributed by atoms with van der Waals surface area (Å²) in [4.78, 5) is 22.7. The minimum absolute atomic E-state index is 0. The van der Waals surface area contributed by atoms with Gasteiger partial charge in [0.25, 0.3) is 11.9 Å². The molecule has 0 aliphatic carbocycles. The number of hydrogen-bond acceptors (Lipinski definition) is 6. The van der Waals surface area contributed by atoms with Crippen molar-refractivity contribution in [1.29, 1.82) is 0 Å². The normalized spacial score (nSPS) is 31.3. The molecule has 7 nitrogen and oxygen atoms in total. The maximum atomic E-state index is 13.2. The molecule has 3 fully saturated rings. The topological polar surface area (TPSA) is 73.6 Å². The highest BCUT2D eigenvalue weighted by Crippen LogP contribution is 2.33. The molecule has 0 spiro atoms. The zero-order valence-corrected chi connectivity index (χ0v) is 19.5. The minimum Gasteiger partial charge on any atom is -0.423 e. The van der Waals surface area contributed by atoms with Gasteiger partial charge >= 0.3 is 0 Å². The molecule has 3 aliphatic rings. The molecule has 2 bridgehead atoms. The van der Waals surface area contributed by atoms with Crippen LogP contribution in [0.2, 0.25) is 0 Å². The third-order valence-electron chi connectivity index (χ3n) is 7.34. The van der Waals surface area contributed by atoms with E-state index in [1.54, 1.807) is 0 Å². The van der Waals surface area contributed by atoms with Crippen molar-refractivity contribution in [2.75, 3.05) is 25.0 Å². The van der Waals surface area contributed by atoms with Gasteiger partial charge in [-0.2, -0.15) is 4.98 Å². The SMILES string of the molecule is C[C@@H]1CN(c2nc3c(C(=O)NC4CC5CCCC(C4)N5C)cccc3o2)[C@@H](C)CN1.Cl. The summed E-state index contributed by atoms with van der Waals surface area (Å²) in [7, 11) is 2.24. The van der Waals surface area contributed by atoms with E-state index in [9.17, 15) is 4.79 Å². The lowest BCUT2D eigenvalue weighted by molar-refractivity contribution is 0.0463. The van der Waals surface area contributed by atoms with Gasteiger partial charge in [0, 0.05) is 43.3 Å². The van der Waals surface area contributed by atoms with Gasteiger partial charge in [-0.05, 0) is 58.7 Å². The highest BCUT2D eigenvalue weighted by molar-refractivity contribution is 6.04. The molecule has 2 aromatic rings. The summed E-state index contributed by atoms with van der Waals surface area (Å²) in [6.07, 6.45) is 5.86. The lowest BCUT2D eigenvalue weighted by atomic mass is 9.82. The van der Waals surface area contributed by atoms with Gasteiger partial charge in [0.2, 0.25) is 0 Å². The number of benzene rings is 1. The standard InChI is InChI=1S/C23H33N5O2.ClH/c1-14-13-28(15(2)12-24-14)23-26-21-19(8-5-9-20(21)30-23)22(29)25-16-10-17-6-4-7-18(11-16)27(17)3;/h5,8-9,14-18,24H,4,6-7,10-13H2,1-3H3,(H,25,29);1H/t14-,15+,16?,17?,18?;/m1./s1. The van der Waals surface area contributed by atoms with E-state index in [1.165, 1.54) is 19.3 Å². The maximum absolute atomic E-state index is 13.2. The Morgan fingerprint density at radius 1 is 1.23 bits per heavy atom. The van der Waals surface area contributed by atoms with Crippen molar-refractivity contribution in [3.8, 4) is 0 Å². The second kappa shape index (κ2) is 8.96. The molecule has 3 aliphatic heterocycles. The summed E-state index contributed by atoms with van der Waals surface area (Å²) < 4.78 is 6.08. The molecule has 2 N–H and O–H groups in total. The summed E-state index contributed by atoms with van der Waals surface area (Å²) in [5.74, 6) is -0.0326. The Hall–Kier alpha value is -1.83. The first kappa shape index (κ1) is 22.4. The molecule has 1 amide bonds. The van der Waals surface area contributed by atoms with Gasteiger partial charge in [-0.25, -0.2) is 0 Å². The predicted octanol–water partition coefficient (Wildman–Crippen LogP) is 3.18. The predicted molar refractivity (Wildman–Crippen MR) is 125 cm³/mol. The summed E-state index contributed by atoms with van der Waals surface area (Å²) in [5, 5.41) is 6.79. The molecule has 0 saturated carbocycles. The molecule has 4 atom stereocenters. The Labute approximate surface area is 190 Å². The van der Waals surface area contributed by atoms with Crippen molar-refractivity contribution in [2.45, 2.75) is 76.2 Å². The van der Waals surface area contributed by atoms with E-state index in [0.29, 0.717) is 46.8 Å². The average Bonchev–Trinajstić information content (AvgIpc) is 3.14. The van der Waals surface area contributed by atoms with Crippen LogP contribution in [0.1, 0.15) is 56.3 Å². The number of para-hydroxylation sites is 1. The van der Waals surface area contributed by atoms with E-state index in [1.807, 2.05) is 18.2 Å². The summed E-state index contributed by atoms with van der Waals surface area (Å²) in [6.45, 7) is 6.06. The van der Waals surface area contributed by atoms with Crippen LogP contribution in [0, 0.1) is 0 Å². The number of hydrogen-bond donors (Lipinski definition) is 2. The van der Waals surface area contributed by atoms with Gasteiger partial charge in [0.15, 0.2) is 5.58 Å². The summed E-state index contributed by atoms with van der Waals surface area (Å²) in [5.41, 5.74) is 1.95. The molecule has 0 radical (unpaired) electrons. The second-order valence-corrected chi connectivity index (χ2v) is 9.51. The molecule has 3 saturated heterocycles. The average molecular weight is 448 g/mol. The van der Waals surface area contributed by atoms with Crippen molar-refractivity contribution >= 4 is 35.4 Å². The smallest absolute Gasteiger partial charge is 0.298 e. The number of aromatic nitrogens is 1. The van der Waals surface area contributed by atoms with Crippen molar-refractivity contribution in [3.05, 3.63) is 23.8 Å². The number of piperidine rings is 2. The number of amides is 1. The van der Waals surface area contributed by atoms with Crippen LogP contribution in [-0.4, -0.2) is 66.1 Å². The highest BCUT2D eigenvalue weighted by Gasteiger charge is 2.36. The van der Waals surface area contributed by atoms with Crippen molar-refractivity contribution < 1.29 is 9.21 Å². The largest absolute Gasteiger partial charge is 0.423 e. The molecule has 31 heavy (non-hydrogen) atoms. The van der Waals surface area contributed by atoms with Gasteiger partial charge in [-0.3, -0.25) is 4.79 Å². The van der Waals surface area contributed by atoms with E-state index < -0.39 is 0 Å². The van der Waals surface area contributed by atoms with Gasteiger partial charge in [-0.1, -0.05) is 12.5 Å². The van der Waals surface area contributed by atoms with Crippen LogP contribution in [0.3, 0.4) is 0 Å². The lowest BCUT2D eigenvalue weighted by Gasteiger charge is -2.47. The highest BCUT2D eigenvalue weighted by atomic mass is 35.5. The van der Waals surface area contributed by atoms with Gasteiger partial charge in [0.05, 0.1) is 5.56 Å². The van der Waals surface area contributed by atoms with Gasteiger partial charge < -0.3 is 24.9 Å². The number of nitrogens with one attached hydrogen (secondary N) is 2. The van der Waals surface area contributed by atoms with E-state index in [-0.39, 0.29) is 24.4 Å². The number of carbonyl (C=O) groups is 1. The summed E-state index contributed by atoms with van der Waals surface area (Å²) >= 11 is 0. The van der Waals surface area contributed by atoms with Gasteiger partial charge in [0.1, 0.15) is 5.52 Å². The summed E-state index contributed by atoms with van der Waals surface area (Å²) in [6, 6.07) is 8.36.